The van der Waals surface area contributed by atoms with Crippen LogP contribution in [0.25, 0.3) is 0 Å². The van der Waals surface area contributed by atoms with Gasteiger partial charge in [-0.25, -0.2) is 0 Å². The van der Waals surface area contributed by atoms with Crippen molar-refractivity contribution in [2.24, 2.45) is 0 Å². The van der Waals surface area contributed by atoms with Gasteiger partial charge in [-0.2, -0.15) is 0 Å². The fourth-order valence-electron chi connectivity index (χ4n) is 1.38. The van der Waals surface area contributed by atoms with E-state index < -0.39 is 0 Å². The summed E-state index contributed by atoms with van der Waals surface area (Å²) in [5.41, 5.74) is 9.54. The second kappa shape index (κ2) is 5.70. The Bertz CT molecular complexity index is 375. The summed E-state index contributed by atoms with van der Waals surface area (Å²) in [4.78, 5) is 0. The number of hydrogen-bond acceptors (Lipinski definition) is 2. The first-order valence-electron chi connectivity index (χ1n) is 5.39. The van der Waals surface area contributed by atoms with Gasteiger partial charge in [0.15, 0.2) is 5.11 Å². The van der Waals surface area contributed by atoms with Crippen LogP contribution < -0.4 is 16.2 Å². The number of nitrogens with one attached hydrogen (secondary N) is 3. The lowest BCUT2D eigenvalue weighted by atomic mass is 10.1. The van der Waals surface area contributed by atoms with Crippen LogP contribution in [0, 0.1) is 13.8 Å². The average molecular weight is 237 g/mol. The van der Waals surface area contributed by atoms with Gasteiger partial charge in [-0.05, 0) is 51.5 Å². The summed E-state index contributed by atoms with van der Waals surface area (Å²) in [6.45, 7) is 8.24. The maximum absolute atomic E-state index is 5.11. The second-order valence-electron chi connectivity index (χ2n) is 4.20. The third kappa shape index (κ3) is 4.06. The number of aryl methyl sites for hydroxylation is 2. The molecule has 0 aliphatic carbocycles. The predicted molar refractivity (Wildman–Crippen MR) is 73.5 cm³/mol. The van der Waals surface area contributed by atoms with Crippen molar-refractivity contribution >= 4 is 23.0 Å². The van der Waals surface area contributed by atoms with Gasteiger partial charge >= 0.3 is 0 Å². The second-order valence-corrected chi connectivity index (χ2v) is 4.60. The van der Waals surface area contributed by atoms with Crippen LogP contribution in [0.4, 0.5) is 5.69 Å². The van der Waals surface area contributed by atoms with E-state index in [1.54, 1.807) is 0 Å². The summed E-state index contributed by atoms with van der Waals surface area (Å²) in [7, 11) is 0. The molecule has 0 aliphatic heterocycles. The van der Waals surface area contributed by atoms with Crippen molar-refractivity contribution in [1.82, 2.24) is 10.7 Å². The third-order valence-corrected chi connectivity index (χ3v) is 2.33. The zero-order valence-electron chi connectivity index (χ0n) is 10.2. The summed E-state index contributed by atoms with van der Waals surface area (Å²) in [6.07, 6.45) is 0. The van der Waals surface area contributed by atoms with E-state index in [1.165, 1.54) is 11.1 Å². The van der Waals surface area contributed by atoms with Crippen LogP contribution in [-0.4, -0.2) is 11.2 Å². The number of rotatable bonds is 3. The molecule has 0 fully saturated rings. The molecule has 3 nitrogen and oxygen atoms in total. The van der Waals surface area contributed by atoms with E-state index in [2.05, 4.69) is 42.1 Å². The van der Waals surface area contributed by atoms with Gasteiger partial charge in [-0.3, -0.25) is 10.9 Å². The van der Waals surface area contributed by atoms with E-state index in [4.69, 9.17) is 12.2 Å². The normalized spacial score (nSPS) is 10.1. The Labute approximate surface area is 103 Å². The lowest BCUT2D eigenvalue weighted by Crippen LogP contribution is -2.42. The van der Waals surface area contributed by atoms with E-state index >= 15 is 0 Å². The van der Waals surface area contributed by atoms with E-state index in [1.807, 2.05) is 19.9 Å². The predicted octanol–water partition coefficient (Wildman–Crippen LogP) is 2.50. The first kappa shape index (κ1) is 12.8. The zero-order valence-corrected chi connectivity index (χ0v) is 11.0. The minimum atomic E-state index is 0.334. The average Bonchev–Trinajstić information content (AvgIpc) is 2.15. The topological polar surface area (TPSA) is 36.1 Å². The van der Waals surface area contributed by atoms with Crippen molar-refractivity contribution in [3.8, 4) is 0 Å². The molecule has 4 heteroatoms. The van der Waals surface area contributed by atoms with E-state index in [0.29, 0.717) is 11.2 Å². The molecular formula is C12H19N3S. The van der Waals surface area contributed by atoms with Crippen molar-refractivity contribution in [3.05, 3.63) is 29.3 Å². The highest BCUT2D eigenvalue weighted by atomic mass is 32.1. The molecule has 3 N–H and O–H groups in total. The van der Waals surface area contributed by atoms with Crippen LogP contribution in [0.3, 0.4) is 0 Å². The van der Waals surface area contributed by atoms with Crippen LogP contribution in [0.15, 0.2) is 18.2 Å². The fourth-order valence-corrected chi connectivity index (χ4v) is 1.66. The number of benzene rings is 1. The maximum Gasteiger partial charge on any atom is 0.185 e. The van der Waals surface area contributed by atoms with Crippen molar-refractivity contribution in [2.75, 3.05) is 5.43 Å². The minimum Gasteiger partial charge on any atom is -0.359 e. The van der Waals surface area contributed by atoms with Crippen molar-refractivity contribution in [3.63, 3.8) is 0 Å². The first-order valence-corrected chi connectivity index (χ1v) is 5.79. The van der Waals surface area contributed by atoms with Crippen LogP contribution >= 0.6 is 12.2 Å². The molecular weight excluding hydrogens is 218 g/mol. The molecule has 0 spiro atoms. The molecule has 0 heterocycles. The zero-order chi connectivity index (χ0) is 12.1. The van der Waals surface area contributed by atoms with Gasteiger partial charge in [0.25, 0.3) is 0 Å². The highest BCUT2D eigenvalue weighted by Crippen LogP contribution is 2.14. The summed E-state index contributed by atoms with van der Waals surface area (Å²) < 4.78 is 0. The number of anilines is 1. The van der Waals surface area contributed by atoms with Gasteiger partial charge in [0.1, 0.15) is 0 Å². The van der Waals surface area contributed by atoms with Gasteiger partial charge in [0.2, 0.25) is 0 Å². The Balaban J connectivity index is 2.51. The molecule has 0 saturated carbocycles. The van der Waals surface area contributed by atoms with Crippen molar-refractivity contribution < 1.29 is 0 Å². The first-order chi connectivity index (χ1) is 7.49. The highest BCUT2D eigenvalue weighted by molar-refractivity contribution is 7.80. The lowest BCUT2D eigenvalue weighted by molar-refractivity contribution is 0.724. The smallest absolute Gasteiger partial charge is 0.185 e. The molecule has 1 aromatic carbocycles. The van der Waals surface area contributed by atoms with Crippen LogP contribution in [-0.2, 0) is 0 Å². The molecule has 0 aliphatic rings. The highest BCUT2D eigenvalue weighted by Gasteiger charge is 2.00. The molecule has 0 unspecified atom stereocenters. The van der Waals surface area contributed by atoms with Crippen LogP contribution in [0.5, 0.6) is 0 Å². The summed E-state index contributed by atoms with van der Waals surface area (Å²) in [6, 6.07) is 6.56. The fraction of sp³-hybridized carbons (Fsp3) is 0.417. The van der Waals surface area contributed by atoms with E-state index in [9.17, 15) is 0 Å². The van der Waals surface area contributed by atoms with Crippen molar-refractivity contribution in [1.29, 1.82) is 0 Å². The lowest BCUT2D eigenvalue weighted by Gasteiger charge is -2.16. The number of hydrazine groups is 1. The minimum absolute atomic E-state index is 0.334. The molecule has 88 valence electrons. The van der Waals surface area contributed by atoms with Gasteiger partial charge in [0.05, 0.1) is 5.69 Å². The molecule has 0 radical (unpaired) electrons. The SMILES string of the molecule is Cc1ccc(NNC(=S)NC(C)C)c(C)c1. The molecule has 0 aromatic heterocycles. The van der Waals surface area contributed by atoms with Gasteiger partial charge in [-0.15, -0.1) is 0 Å². The Morgan fingerprint density at radius 1 is 1.25 bits per heavy atom. The standard InChI is InChI=1S/C12H19N3S/c1-8(2)13-12(16)15-14-11-6-5-9(3)7-10(11)4/h5-8,14H,1-4H3,(H2,13,15,16). The van der Waals surface area contributed by atoms with Gasteiger partial charge < -0.3 is 5.32 Å². The van der Waals surface area contributed by atoms with Gasteiger partial charge in [-0.1, -0.05) is 17.7 Å². The monoisotopic (exact) mass is 237 g/mol. The summed E-state index contributed by atoms with van der Waals surface area (Å²) in [5, 5.41) is 3.71. The largest absolute Gasteiger partial charge is 0.359 e. The Morgan fingerprint density at radius 2 is 1.94 bits per heavy atom. The summed E-state index contributed by atoms with van der Waals surface area (Å²) >= 11 is 5.11. The Hall–Kier alpha value is -1.29. The van der Waals surface area contributed by atoms with E-state index in [0.717, 1.165) is 5.69 Å². The number of hydrogen-bond donors (Lipinski definition) is 3. The summed E-state index contributed by atoms with van der Waals surface area (Å²) in [5.74, 6) is 0. The van der Waals surface area contributed by atoms with Crippen molar-refractivity contribution in [2.45, 2.75) is 33.7 Å². The van der Waals surface area contributed by atoms with Crippen LogP contribution in [0.2, 0.25) is 0 Å². The molecule has 0 atom stereocenters. The third-order valence-electron chi connectivity index (χ3n) is 2.11. The molecule has 1 rings (SSSR count). The van der Waals surface area contributed by atoms with Crippen LogP contribution in [0.1, 0.15) is 25.0 Å². The molecule has 16 heavy (non-hydrogen) atoms. The molecule has 0 amide bonds. The molecule has 1 aromatic rings. The van der Waals surface area contributed by atoms with E-state index in [-0.39, 0.29) is 0 Å². The maximum atomic E-state index is 5.11. The molecule has 0 bridgehead atoms. The number of thiocarbonyl (C=S) groups is 1. The Morgan fingerprint density at radius 3 is 2.50 bits per heavy atom. The Kier molecular flexibility index (Phi) is 4.55. The quantitative estimate of drug-likeness (QED) is 0.557. The van der Waals surface area contributed by atoms with Gasteiger partial charge in [0, 0.05) is 6.04 Å². The molecule has 0 saturated heterocycles.